The van der Waals surface area contributed by atoms with Crippen molar-refractivity contribution in [3.63, 3.8) is 0 Å². The number of alkyl halides is 3. The van der Waals surface area contributed by atoms with Gasteiger partial charge in [-0.05, 0) is 45.8 Å². The Morgan fingerprint density at radius 2 is 1.97 bits per heavy atom. The molecule has 1 unspecified atom stereocenters. The molecule has 0 bridgehead atoms. The van der Waals surface area contributed by atoms with Crippen LogP contribution in [0.5, 0.6) is 0 Å². The zero-order valence-electron chi connectivity index (χ0n) is 16.1. The smallest absolute Gasteiger partial charge is 0.317 e. The molecule has 2 fully saturated rings. The van der Waals surface area contributed by atoms with Gasteiger partial charge in [0.05, 0.1) is 17.3 Å². The lowest BCUT2D eigenvalue weighted by Gasteiger charge is -2.36. The summed E-state index contributed by atoms with van der Waals surface area (Å²) in [5, 5.41) is -0.0410. The van der Waals surface area contributed by atoms with Crippen molar-refractivity contribution in [2.75, 3.05) is 31.1 Å². The fourth-order valence-electron chi connectivity index (χ4n) is 4.04. The highest BCUT2D eigenvalue weighted by Crippen LogP contribution is 2.40. The highest BCUT2D eigenvalue weighted by molar-refractivity contribution is 9.10. The van der Waals surface area contributed by atoms with E-state index in [9.17, 15) is 22.8 Å². The predicted octanol–water partition coefficient (Wildman–Crippen LogP) is 4.46. The van der Waals surface area contributed by atoms with Crippen LogP contribution in [0.15, 0.2) is 34.9 Å². The Labute approximate surface area is 189 Å². The Kier molecular flexibility index (Phi) is 5.97. The van der Waals surface area contributed by atoms with Gasteiger partial charge >= 0.3 is 12.2 Å². The Bertz CT molecular complexity index is 1040. The van der Waals surface area contributed by atoms with Crippen LogP contribution in [0.1, 0.15) is 21.6 Å². The van der Waals surface area contributed by atoms with E-state index in [-0.39, 0.29) is 23.3 Å². The molecule has 6 nitrogen and oxygen atoms in total. The number of nitrogens with zero attached hydrogens (tertiary/aromatic N) is 4. The molecule has 31 heavy (non-hydrogen) atoms. The van der Waals surface area contributed by atoms with Crippen LogP contribution in [0.4, 0.5) is 23.7 Å². The number of hydrogen-bond donors (Lipinski definition) is 0. The van der Waals surface area contributed by atoms with E-state index in [1.54, 1.807) is 11.0 Å². The van der Waals surface area contributed by atoms with Crippen molar-refractivity contribution < 1.29 is 22.8 Å². The van der Waals surface area contributed by atoms with Crippen LogP contribution in [-0.2, 0) is 12.7 Å². The van der Waals surface area contributed by atoms with E-state index >= 15 is 0 Å². The van der Waals surface area contributed by atoms with Gasteiger partial charge in [0.25, 0.3) is 0 Å². The van der Waals surface area contributed by atoms with Gasteiger partial charge in [0.1, 0.15) is 10.3 Å². The molecule has 0 spiro atoms. The number of aromatic nitrogens is 1. The van der Waals surface area contributed by atoms with E-state index in [0.717, 1.165) is 11.6 Å². The highest BCUT2D eigenvalue weighted by atomic mass is 79.9. The molecule has 3 heterocycles. The number of halogens is 5. The SMILES string of the molecule is O=Cc1nc(Br)ccc1CN1CCN2C(=O)N(c3ccc(Cl)cc3C(F)(F)F)CC2C1. The first-order valence-electron chi connectivity index (χ1n) is 9.45. The molecule has 2 aliphatic rings. The Morgan fingerprint density at radius 3 is 2.68 bits per heavy atom. The first-order valence-corrected chi connectivity index (χ1v) is 10.6. The summed E-state index contributed by atoms with van der Waals surface area (Å²) in [7, 11) is 0. The predicted molar refractivity (Wildman–Crippen MR) is 112 cm³/mol. The third kappa shape index (κ3) is 4.42. The van der Waals surface area contributed by atoms with Crippen molar-refractivity contribution in [3.05, 3.63) is 56.8 Å². The number of fused-ring (bicyclic) bond motifs is 1. The second-order valence-corrected chi connectivity index (χ2v) is 8.68. The normalized spacial score (nSPS) is 19.6. The fourth-order valence-corrected chi connectivity index (χ4v) is 4.54. The number of pyridine rings is 1. The summed E-state index contributed by atoms with van der Waals surface area (Å²) in [6, 6.07) is 6.28. The van der Waals surface area contributed by atoms with E-state index < -0.39 is 17.8 Å². The van der Waals surface area contributed by atoms with Crippen molar-refractivity contribution in [2.24, 2.45) is 0 Å². The lowest BCUT2D eigenvalue weighted by molar-refractivity contribution is -0.137. The van der Waals surface area contributed by atoms with Crippen LogP contribution >= 0.6 is 27.5 Å². The van der Waals surface area contributed by atoms with Crippen molar-refractivity contribution in [2.45, 2.75) is 18.8 Å². The number of rotatable bonds is 4. The molecule has 1 atom stereocenters. The number of piperazine rings is 1. The summed E-state index contributed by atoms with van der Waals surface area (Å²) in [4.78, 5) is 33.2. The second-order valence-electron chi connectivity index (χ2n) is 7.43. The van der Waals surface area contributed by atoms with E-state index in [1.165, 1.54) is 17.0 Å². The monoisotopic (exact) mass is 516 g/mol. The first kappa shape index (κ1) is 22.0. The Hall–Kier alpha value is -2.17. The summed E-state index contributed by atoms with van der Waals surface area (Å²) >= 11 is 9.00. The molecule has 0 radical (unpaired) electrons. The molecule has 1 aromatic heterocycles. The summed E-state index contributed by atoms with van der Waals surface area (Å²) in [5.41, 5.74) is -0.0355. The van der Waals surface area contributed by atoms with Crippen molar-refractivity contribution in [3.8, 4) is 0 Å². The standard InChI is InChI=1S/C20H17BrClF3N4O2/c21-18-4-1-12(16(11-30)26-18)8-27-5-6-28-14(9-27)10-29(19(28)31)17-3-2-13(22)7-15(17)20(23,24)25/h1-4,7,11,14H,5-6,8-10H2. The molecule has 2 aliphatic heterocycles. The average molecular weight is 518 g/mol. The van der Waals surface area contributed by atoms with E-state index in [1.807, 2.05) is 6.07 Å². The Balaban J connectivity index is 1.53. The molecule has 2 saturated heterocycles. The summed E-state index contributed by atoms with van der Waals surface area (Å²) < 4.78 is 41.1. The molecule has 164 valence electrons. The quantitative estimate of drug-likeness (QED) is 0.444. The number of aldehydes is 1. The largest absolute Gasteiger partial charge is 0.418 e. The molecule has 0 saturated carbocycles. The Morgan fingerprint density at radius 1 is 1.19 bits per heavy atom. The van der Waals surface area contributed by atoms with Crippen LogP contribution in [0.25, 0.3) is 0 Å². The molecular formula is C20H17BrClF3N4O2. The third-order valence-electron chi connectivity index (χ3n) is 5.48. The maximum atomic E-state index is 13.5. The second kappa shape index (κ2) is 8.40. The van der Waals surface area contributed by atoms with Gasteiger partial charge < -0.3 is 4.90 Å². The number of hydrogen-bond acceptors (Lipinski definition) is 4. The molecule has 11 heteroatoms. The van der Waals surface area contributed by atoms with E-state index in [2.05, 4.69) is 25.8 Å². The van der Waals surface area contributed by atoms with Gasteiger partial charge in [-0.1, -0.05) is 17.7 Å². The molecular weight excluding hydrogens is 501 g/mol. The summed E-state index contributed by atoms with van der Waals surface area (Å²) in [6.45, 7) is 2.00. The van der Waals surface area contributed by atoms with Gasteiger partial charge in [-0.15, -0.1) is 0 Å². The first-order chi connectivity index (χ1) is 14.7. The summed E-state index contributed by atoms with van der Waals surface area (Å²) in [5.74, 6) is 0. The van der Waals surface area contributed by atoms with Gasteiger partial charge in [0.2, 0.25) is 0 Å². The van der Waals surface area contributed by atoms with Crippen molar-refractivity contribution in [1.29, 1.82) is 0 Å². The molecule has 2 amide bonds. The molecule has 4 rings (SSSR count). The number of amides is 2. The number of carbonyl (C=O) groups excluding carboxylic acids is 2. The zero-order chi connectivity index (χ0) is 22.3. The van der Waals surface area contributed by atoms with Crippen molar-refractivity contribution >= 4 is 45.5 Å². The number of anilines is 1. The van der Waals surface area contributed by atoms with E-state index in [4.69, 9.17) is 11.6 Å². The molecule has 0 N–H and O–H groups in total. The number of benzene rings is 1. The minimum absolute atomic E-state index is 0.0410. The fraction of sp³-hybridized carbons (Fsp3) is 0.350. The minimum Gasteiger partial charge on any atom is -0.317 e. The summed E-state index contributed by atoms with van der Waals surface area (Å²) in [6.07, 6.45) is -3.94. The number of urea groups is 1. The van der Waals surface area contributed by atoms with Gasteiger partial charge in [-0.2, -0.15) is 13.2 Å². The maximum Gasteiger partial charge on any atom is 0.418 e. The zero-order valence-corrected chi connectivity index (χ0v) is 18.4. The molecule has 1 aromatic carbocycles. The lowest BCUT2D eigenvalue weighted by Crippen LogP contribution is -2.51. The van der Waals surface area contributed by atoms with Gasteiger partial charge in [0, 0.05) is 37.7 Å². The molecule has 2 aromatic rings. The number of carbonyl (C=O) groups is 2. The van der Waals surface area contributed by atoms with Gasteiger partial charge in [0.15, 0.2) is 6.29 Å². The van der Waals surface area contributed by atoms with E-state index in [0.29, 0.717) is 42.8 Å². The van der Waals surface area contributed by atoms with Crippen LogP contribution in [0.3, 0.4) is 0 Å². The average Bonchev–Trinajstić information content (AvgIpc) is 3.04. The van der Waals surface area contributed by atoms with Gasteiger partial charge in [-0.3, -0.25) is 14.6 Å². The van der Waals surface area contributed by atoms with Crippen molar-refractivity contribution in [1.82, 2.24) is 14.8 Å². The molecule has 0 aliphatic carbocycles. The van der Waals surface area contributed by atoms with Gasteiger partial charge in [-0.25, -0.2) is 9.78 Å². The van der Waals surface area contributed by atoms with Crippen LogP contribution < -0.4 is 4.90 Å². The van der Waals surface area contributed by atoms with Crippen LogP contribution in [0, 0.1) is 0 Å². The third-order valence-corrected chi connectivity index (χ3v) is 6.15. The minimum atomic E-state index is -4.63. The topological polar surface area (TPSA) is 56.8 Å². The van der Waals surface area contributed by atoms with Crippen LogP contribution in [-0.4, -0.2) is 59.3 Å². The highest BCUT2D eigenvalue weighted by Gasteiger charge is 2.44. The lowest BCUT2D eigenvalue weighted by atomic mass is 10.1. The maximum absolute atomic E-state index is 13.5. The van der Waals surface area contributed by atoms with Crippen LogP contribution in [0.2, 0.25) is 5.02 Å².